The van der Waals surface area contributed by atoms with Crippen LogP contribution in [0.3, 0.4) is 0 Å². The summed E-state index contributed by atoms with van der Waals surface area (Å²) in [5.74, 6) is 0.831. The summed E-state index contributed by atoms with van der Waals surface area (Å²) in [6.07, 6.45) is 3.13. The molecule has 0 saturated carbocycles. The summed E-state index contributed by atoms with van der Waals surface area (Å²) in [4.78, 5) is 2.20. The Bertz CT molecular complexity index is 403. The molecule has 19 heavy (non-hydrogen) atoms. The molecule has 1 rings (SSSR count). The second-order valence-electron chi connectivity index (χ2n) is 4.60. The number of likely N-dealkylation sites (N-methyl/N-ethyl adjacent to an activating group) is 1. The number of benzene rings is 1. The highest BCUT2D eigenvalue weighted by molar-refractivity contribution is 9.10. The Balaban J connectivity index is 2.98. The fourth-order valence-electron chi connectivity index (χ4n) is 2.25. The highest BCUT2D eigenvalue weighted by Crippen LogP contribution is 2.27. The molecule has 2 N–H and O–H groups in total. The lowest BCUT2D eigenvalue weighted by Gasteiger charge is -2.34. The Kier molecular flexibility index (Phi) is 7.36. The second-order valence-corrected chi connectivity index (χ2v) is 6.43. The molecule has 0 heterocycles. The Labute approximate surface area is 128 Å². The molecular weight excluding hydrogens is 327 g/mol. The van der Waals surface area contributed by atoms with Crippen LogP contribution >= 0.6 is 27.7 Å². The first-order chi connectivity index (χ1) is 9.04. The fourth-order valence-corrected chi connectivity index (χ4v) is 3.44. The van der Waals surface area contributed by atoms with Crippen molar-refractivity contribution in [2.45, 2.75) is 25.4 Å². The van der Waals surface area contributed by atoms with Gasteiger partial charge in [-0.25, -0.2) is 4.39 Å². The zero-order valence-electron chi connectivity index (χ0n) is 11.7. The van der Waals surface area contributed by atoms with Gasteiger partial charge in [0, 0.05) is 34.4 Å². The van der Waals surface area contributed by atoms with Crippen LogP contribution in [0.15, 0.2) is 22.7 Å². The van der Waals surface area contributed by atoms with Gasteiger partial charge in [-0.05, 0) is 31.9 Å². The standard InChI is InChI=1S/C14H22BrFN2S/c1-4-11(9-19-3)18(2)14(8-17)12-6-5-10(15)7-13(12)16/h5-7,11,14H,4,8-9,17H2,1-3H3. The van der Waals surface area contributed by atoms with Crippen LogP contribution in [0.5, 0.6) is 0 Å². The molecule has 0 bridgehead atoms. The Morgan fingerprint density at radius 2 is 2.16 bits per heavy atom. The van der Waals surface area contributed by atoms with Crippen molar-refractivity contribution >= 4 is 27.7 Å². The van der Waals surface area contributed by atoms with Crippen LogP contribution in [0.1, 0.15) is 24.9 Å². The molecule has 0 radical (unpaired) electrons. The SMILES string of the molecule is CCC(CSC)N(C)C(CN)c1ccc(Br)cc1F. The lowest BCUT2D eigenvalue weighted by atomic mass is 10.0. The molecule has 0 aliphatic carbocycles. The van der Waals surface area contributed by atoms with Crippen LogP contribution in [0, 0.1) is 5.82 Å². The van der Waals surface area contributed by atoms with Gasteiger partial charge in [-0.3, -0.25) is 4.90 Å². The number of nitrogens with two attached hydrogens (primary N) is 1. The molecule has 2 atom stereocenters. The van der Waals surface area contributed by atoms with E-state index in [1.165, 1.54) is 6.07 Å². The summed E-state index contributed by atoms with van der Waals surface area (Å²) in [6.45, 7) is 2.57. The quantitative estimate of drug-likeness (QED) is 0.815. The van der Waals surface area contributed by atoms with Crippen molar-refractivity contribution < 1.29 is 4.39 Å². The lowest BCUT2D eigenvalue weighted by molar-refractivity contribution is 0.184. The summed E-state index contributed by atoms with van der Waals surface area (Å²) in [5.41, 5.74) is 6.55. The summed E-state index contributed by atoms with van der Waals surface area (Å²) < 4.78 is 14.8. The van der Waals surface area contributed by atoms with Crippen LogP contribution in [0.4, 0.5) is 4.39 Å². The van der Waals surface area contributed by atoms with Gasteiger partial charge in [0.05, 0.1) is 0 Å². The third-order valence-corrected chi connectivity index (χ3v) is 4.65. The van der Waals surface area contributed by atoms with E-state index in [-0.39, 0.29) is 11.9 Å². The highest BCUT2D eigenvalue weighted by Gasteiger charge is 2.24. The molecule has 2 nitrogen and oxygen atoms in total. The first-order valence-electron chi connectivity index (χ1n) is 6.41. The number of halogens is 2. The summed E-state index contributed by atoms with van der Waals surface area (Å²) in [5, 5.41) is 0. The van der Waals surface area contributed by atoms with E-state index in [1.807, 2.05) is 30.9 Å². The van der Waals surface area contributed by atoms with Crippen LogP contribution in [-0.4, -0.2) is 36.5 Å². The van der Waals surface area contributed by atoms with E-state index in [2.05, 4.69) is 34.0 Å². The van der Waals surface area contributed by atoms with E-state index >= 15 is 0 Å². The second kappa shape index (κ2) is 8.25. The minimum Gasteiger partial charge on any atom is -0.329 e. The van der Waals surface area contributed by atoms with E-state index < -0.39 is 0 Å². The molecule has 0 saturated heterocycles. The van der Waals surface area contributed by atoms with E-state index in [0.29, 0.717) is 18.2 Å². The van der Waals surface area contributed by atoms with Gasteiger partial charge >= 0.3 is 0 Å². The maximum atomic E-state index is 14.1. The largest absolute Gasteiger partial charge is 0.329 e. The maximum absolute atomic E-state index is 14.1. The van der Waals surface area contributed by atoms with Crippen LogP contribution in [0.2, 0.25) is 0 Å². The van der Waals surface area contributed by atoms with Gasteiger partial charge < -0.3 is 5.73 Å². The highest BCUT2D eigenvalue weighted by atomic mass is 79.9. The molecule has 0 spiro atoms. The van der Waals surface area contributed by atoms with Crippen molar-refractivity contribution in [1.82, 2.24) is 4.90 Å². The van der Waals surface area contributed by atoms with Crippen molar-refractivity contribution in [2.75, 3.05) is 25.6 Å². The van der Waals surface area contributed by atoms with Crippen molar-refractivity contribution in [3.63, 3.8) is 0 Å². The molecule has 0 amide bonds. The Morgan fingerprint density at radius 3 is 2.63 bits per heavy atom. The molecule has 1 aromatic carbocycles. The van der Waals surface area contributed by atoms with E-state index in [1.54, 1.807) is 0 Å². The molecule has 0 aliphatic rings. The molecule has 0 aliphatic heterocycles. The minimum atomic E-state index is -0.198. The van der Waals surface area contributed by atoms with Crippen molar-refractivity contribution in [3.05, 3.63) is 34.1 Å². The smallest absolute Gasteiger partial charge is 0.129 e. The lowest BCUT2D eigenvalue weighted by Crippen LogP contribution is -2.40. The van der Waals surface area contributed by atoms with Gasteiger partial charge in [-0.1, -0.05) is 28.9 Å². The summed E-state index contributed by atoms with van der Waals surface area (Å²) in [7, 11) is 2.03. The van der Waals surface area contributed by atoms with Gasteiger partial charge in [-0.15, -0.1) is 0 Å². The Hall–Kier alpha value is -0.100. The van der Waals surface area contributed by atoms with Crippen molar-refractivity contribution in [3.8, 4) is 0 Å². The number of hydrogen-bond donors (Lipinski definition) is 1. The molecule has 0 aromatic heterocycles. The van der Waals surface area contributed by atoms with Gasteiger partial charge in [0.2, 0.25) is 0 Å². The topological polar surface area (TPSA) is 29.3 Å². The monoisotopic (exact) mass is 348 g/mol. The average Bonchev–Trinajstić information content (AvgIpc) is 2.39. The number of nitrogens with zero attached hydrogens (tertiary/aromatic N) is 1. The summed E-state index contributed by atoms with van der Waals surface area (Å²) in [6, 6.07) is 5.52. The third-order valence-electron chi connectivity index (χ3n) is 3.44. The van der Waals surface area contributed by atoms with E-state index in [4.69, 9.17) is 5.73 Å². The number of hydrogen-bond acceptors (Lipinski definition) is 3. The first kappa shape index (κ1) is 17.0. The fraction of sp³-hybridized carbons (Fsp3) is 0.571. The first-order valence-corrected chi connectivity index (χ1v) is 8.59. The number of thioether (sulfide) groups is 1. The van der Waals surface area contributed by atoms with Crippen LogP contribution in [0.25, 0.3) is 0 Å². The third kappa shape index (κ3) is 4.45. The molecule has 2 unspecified atom stereocenters. The van der Waals surface area contributed by atoms with Crippen LogP contribution in [-0.2, 0) is 0 Å². The predicted octanol–water partition coefficient (Wildman–Crippen LogP) is 3.66. The molecule has 108 valence electrons. The van der Waals surface area contributed by atoms with E-state index in [9.17, 15) is 4.39 Å². The summed E-state index contributed by atoms with van der Waals surface area (Å²) >= 11 is 5.09. The van der Waals surface area contributed by atoms with Gasteiger partial charge in [0.25, 0.3) is 0 Å². The van der Waals surface area contributed by atoms with Crippen LogP contribution < -0.4 is 5.73 Å². The zero-order valence-corrected chi connectivity index (χ0v) is 14.1. The van der Waals surface area contributed by atoms with Gasteiger partial charge in [0.1, 0.15) is 5.82 Å². The van der Waals surface area contributed by atoms with Gasteiger partial charge in [0.15, 0.2) is 0 Å². The van der Waals surface area contributed by atoms with E-state index in [0.717, 1.165) is 16.6 Å². The molecule has 0 fully saturated rings. The maximum Gasteiger partial charge on any atom is 0.129 e. The normalized spacial score (nSPS) is 14.7. The minimum absolute atomic E-state index is 0.0785. The van der Waals surface area contributed by atoms with Gasteiger partial charge in [-0.2, -0.15) is 11.8 Å². The van der Waals surface area contributed by atoms with Crippen molar-refractivity contribution in [1.29, 1.82) is 0 Å². The predicted molar refractivity (Wildman–Crippen MR) is 86.1 cm³/mol. The average molecular weight is 349 g/mol. The Morgan fingerprint density at radius 1 is 1.47 bits per heavy atom. The van der Waals surface area contributed by atoms with Crippen molar-refractivity contribution in [2.24, 2.45) is 5.73 Å². The molecular formula is C14H22BrFN2S. The zero-order chi connectivity index (χ0) is 14.4. The number of rotatable bonds is 7. The molecule has 5 heteroatoms. The molecule has 1 aromatic rings.